The van der Waals surface area contributed by atoms with Gasteiger partial charge in [0.05, 0.1) is 29.9 Å². The molecule has 9 nitrogen and oxygen atoms in total. The van der Waals surface area contributed by atoms with Crippen molar-refractivity contribution in [3.05, 3.63) is 69.5 Å². The summed E-state index contributed by atoms with van der Waals surface area (Å²) in [6.45, 7) is 5.04. The predicted octanol–water partition coefficient (Wildman–Crippen LogP) is 1.76. The first-order chi connectivity index (χ1) is 15.9. The molecule has 172 valence electrons. The molecule has 3 heterocycles. The van der Waals surface area contributed by atoms with E-state index in [1.54, 1.807) is 24.9 Å². The number of morpholine rings is 1. The van der Waals surface area contributed by atoms with Gasteiger partial charge in [0, 0.05) is 43.3 Å². The van der Waals surface area contributed by atoms with E-state index >= 15 is 0 Å². The normalized spacial score (nSPS) is 16.1. The summed E-state index contributed by atoms with van der Waals surface area (Å²) in [7, 11) is 1.59. The molecule has 1 aliphatic rings. The summed E-state index contributed by atoms with van der Waals surface area (Å²) >= 11 is 0. The predicted molar refractivity (Wildman–Crippen MR) is 123 cm³/mol. The molecule has 0 spiro atoms. The Kier molecular flexibility index (Phi) is 6.50. The second-order valence-electron chi connectivity index (χ2n) is 8.11. The number of hydrogen-bond donors (Lipinski definition) is 1. The molecule has 0 saturated carbocycles. The Morgan fingerprint density at radius 3 is 2.73 bits per heavy atom. The maximum Gasteiger partial charge on any atom is 0.347 e. The molecule has 1 saturated heterocycles. The van der Waals surface area contributed by atoms with Crippen LogP contribution in [-0.2, 0) is 16.1 Å². The van der Waals surface area contributed by atoms with Gasteiger partial charge < -0.3 is 15.0 Å². The molecular weight excluding hydrogens is 422 g/mol. The lowest BCUT2D eigenvalue weighted by Gasteiger charge is -2.33. The minimum Gasteiger partial charge on any atom is -0.368 e. The van der Waals surface area contributed by atoms with Crippen molar-refractivity contribution in [2.75, 3.05) is 26.7 Å². The van der Waals surface area contributed by atoms with Crippen molar-refractivity contribution in [1.29, 1.82) is 0 Å². The van der Waals surface area contributed by atoms with Gasteiger partial charge in [0.2, 0.25) is 5.91 Å². The van der Waals surface area contributed by atoms with Gasteiger partial charge in [-0.25, -0.2) is 9.78 Å². The first kappa shape index (κ1) is 22.6. The van der Waals surface area contributed by atoms with Crippen molar-refractivity contribution in [2.24, 2.45) is 0 Å². The zero-order chi connectivity index (χ0) is 23.5. The Hall–Kier alpha value is -3.59. The van der Waals surface area contributed by atoms with Crippen LogP contribution in [0, 0.1) is 13.8 Å². The first-order valence-corrected chi connectivity index (χ1v) is 10.9. The number of amides is 2. The van der Waals surface area contributed by atoms with E-state index in [1.165, 1.54) is 4.57 Å². The quantitative estimate of drug-likeness (QED) is 0.636. The standard InChI is InChI=1S/C24H27N5O4/c1-15-12-16(2)29(24(32)26-15)9-8-22(30)28-10-11-33-21(14-28)20-13-18(23(31)25-3)17-6-4-5-7-19(17)27-20/h4-7,12-13,21H,8-11,14H2,1-3H3,(H,25,31)/t21-/m0/s1. The van der Waals surface area contributed by atoms with Crippen molar-refractivity contribution in [3.63, 3.8) is 0 Å². The summed E-state index contributed by atoms with van der Waals surface area (Å²) in [6.07, 6.45) is -0.256. The topological polar surface area (TPSA) is 106 Å². The summed E-state index contributed by atoms with van der Waals surface area (Å²) in [5, 5.41) is 3.43. The average Bonchev–Trinajstić information content (AvgIpc) is 2.82. The van der Waals surface area contributed by atoms with Crippen LogP contribution in [0.15, 0.2) is 41.2 Å². The van der Waals surface area contributed by atoms with E-state index in [4.69, 9.17) is 9.72 Å². The van der Waals surface area contributed by atoms with E-state index in [9.17, 15) is 14.4 Å². The maximum atomic E-state index is 12.9. The lowest BCUT2D eigenvalue weighted by atomic mass is 10.0. The van der Waals surface area contributed by atoms with Gasteiger partial charge in [-0.05, 0) is 32.0 Å². The summed E-state index contributed by atoms with van der Waals surface area (Å²) in [6, 6.07) is 11.0. The molecule has 9 heteroatoms. The van der Waals surface area contributed by atoms with Gasteiger partial charge in [-0.2, -0.15) is 4.98 Å². The third-order valence-electron chi connectivity index (χ3n) is 5.85. The molecule has 1 N–H and O–H groups in total. The summed E-state index contributed by atoms with van der Waals surface area (Å²) < 4.78 is 7.44. The molecular formula is C24H27N5O4. The van der Waals surface area contributed by atoms with Crippen molar-refractivity contribution >= 4 is 22.7 Å². The van der Waals surface area contributed by atoms with Crippen LogP contribution >= 0.6 is 0 Å². The van der Waals surface area contributed by atoms with Gasteiger partial charge in [-0.3, -0.25) is 14.2 Å². The minimum absolute atomic E-state index is 0.0671. The Balaban J connectivity index is 1.52. The second kappa shape index (κ2) is 9.50. The molecule has 3 aromatic rings. The number of para-hydroxylation sites is 1. The van der Waals surface area contributed by atoms with Crippen LogP contribution in [0.3, 0.4) is 0 Å². The number of carbonyl (C=O) groups excluding carboxylic acids is 2. The van der Waals surface area contributed by atoms with Crippen LogP contribution in [0.25, 0.3) is 10.9 Å². The Morgan fingerprint density at radius 2 is 1.97 bits per heavy atom. The highest BCUT2D eigenvalue weighted by molar-refractivity contribution is 6.06. The molecule has 0 aliphatic carbocycles. The zero-order valence-corrected chi connectivity index (χ0v) is 19.0. The van der Waals surface area contributed by atoms with E-state index in [0.29, 0.717) is 42.2 Å². The lowest BCUT2D eigenvalue weighted by molar-refractivity contribution is -0.139. The number of pyridine rings is 1. The molecule has 0 unspecified atom stereocenters. The van der Waals surface area contributed by atoms with Gasteiger partial charge in [0.25, 0.3) is 5.91 Å². The monoisotopic (exact) mass is 449 g/mol. The van der Waals surface area contributed by atoms with Crippen LogP contribution in [0.2, 0.25) is 0 Å². The van der Waals surface area contributed by atoms with Crippen molar-refractivity contribution in [2.45, 2.75) is 32.9 Å². The third kappa shape index (κ3) is 4.78. The molecule has 33 heavy (non-hydrogen) atoms. The summed E-state index contributed by atoms with van der Waals surface area (Å²) in [4.78, 5) is 47.9. The molecule has 1 aromatic carbocycles. The molecule has 4 rings (SSSR count). The highest BCUT2D eigenvalue weighted by Crippen LogP contribution is 2.26. The number of hydrogen-bond acceptors (Lipinski definition) is 6. The zero-order valence-electron chi connectivity index (χ0n) is 19.0. The van der Waals surface area contributed by atoms with Crippen molar-refractivity contribution in [3.8, 4) is 0 Å². The molecule has 2 amide bonds. The molecule has 1 aliphatic heterocycles. The number of carbonyl (C=O) groups is 2. The van der Waals surface area contributed by atoms with Crippen LogP contribution in [-0.4, -0.2) is 58.0 Å². The van der Waals surface area contributed by atoms with E-state index < -0.39 is 6.10 Å². The molecule has 0 radical (unpaired) electrons. The fourth-order valence-corrected chi connectivity index (χ4v) is 4.15. The number of fused-ring (bicyclic) bond motifs is 1. The van der Waals surface area contributed by atoms with Gasteiger partial charge in [0.1, 0.15) is 6.10 Å². The minimum atomic E-state index is -0.443. The SMILES string of the molecule is CNC(=O)c1cc([C@@H]2CN(C(=O)CCn3c(C)cc(C)nc3=O)CCO2)nc2ccccc12. The van der Waals surface area contributed by atoms with Crippen LogP contribution < -0.4 is 11.0 Å². The van der Waals surface area contributed by atoms with E-state index in [1.807, 2.05) is 37.3 Å². The summed E-state index contributed by atoms with van der Waals surface area (Å²) in [5.41, 5.74) is 2.92. The van der Waals surface area contributed by atoms with Gasteiger partial charge in [-0.15, -0.1) is 0 Å². The Labute approximate surface area is 191 Å². The van der Waals surface area contributed by atoms with E-state index in [0.717, 1.165) is 11.1 Å². The largest absolute Gasteiger partial charge is 0.368 e. The molecule has 1 atom stereocenters. The second-order valence-corrected chi connectivity index (χ2v) is 8.11. The first-order valence-electron chi connectivity index (χ1n) is 10.9. The van der Waals surface area contributed by atoms with E-state index in [2.05, 4.69) is 10.3 Å². The third-order valence-corrected chi connectivity index (χ3v) is 5.85. The van der Waals surface area contributed by atoms with Gasteiger partial charge >= 0.3 is 5.69 Å². The highest BCUT2D eigenvalue weighted by atomic mass is 16.5. The van der Waals surface area contributed by atoms with Gasteiger partial charge in [-0.1, -0.05) is 18.2 Å². The number of aromatic nitrogens is 3. The van der Waals surface area contributed by atoms with Crippen LogP contribution in [0.4, 0.5) is 0 Å². The smallest absolute Gasteiger partial charge is 0.347 e. The number of nitrogens with zero attached hydrogens (tertiary/aromatic N) is 4. The fraction of sp³-hybridized carbons (Fsp3) is 0.375. The Morgan fingerprint density at radius 1 is 1.18 bits per heavy atom. The maximum absolute atomic E-state index is 12.9. The number of nitrogens with one attached hydrogen (secondary N) is 1. The fourth-order valence-electron chi connectivity index (χ4n) is 4.15. The summed E-state index contributed by atoms with van der Waals surface area (Å²) in [5.74, 6) is -0.270. The molecule has 2 aromatic heterocycles. The number of ether oxygens (including phenoxy) is 1. The Bertz CT molecular complexity index is 1270. The average molecular weight is 450 g/mol. The lowest BCUT2D eigenvalue weighted by Crippen LogP contribution is -2.43. The number of rotatable bonds is 5. The number of aryl methyl sites for hydroxylation is 2. The van der Waals surface area contributed by atoms with Crippen molar-refractivity contribution in [1.82, 2.24) is 24.8 Å². The number of benzene rings is 1. The van der Waals surface area contributed by atoms with Gasteiger partial charge in [0.15, 0.2) is 0 Å². The highest BCUT2D eigenvalue weighted by Gasteiger charge is 2.27. The van der Waals surface area contributed by atoms with Crippen molar-refractivity contribution < 1.29 is 14.3 Å². The molecule has 0 bridgehead atoms. The van der Waals surface area contributed by atoms with Crippen LogP contribution in [0.1, 0.15) is 40.0 Å². The molecule has 1 fully saturated rings. The van der Waals surface area contributed by atoms with E-state index in [-0.39, 0.29) is 30.5 Å². The van der Waals surface area contributed by atoms with Crippen LogP contribution in [0.5, 0.6) is 0 Å².